The molecule has 0 aliphatic heterocycles. The zero-order valence-electron chi connectivity index (χ0n) is 17.2. The van der Waals surface area contributed by atoms with Gasteiger partial charge in [-0.2, -0.15) is 0 Å². The van der Waals surface area contributed by atoms with Crippen molar-refractivity contribution in [3.63, 3.8) is 0 Å². The Morgan fingerprint density at radius 2 is 1.70 bits per heavy atom. The molecule has 0 unspecified atom stereocenters. The largest absolute Gasteiger partial charge is 0.357 e. The van der Waals surface area contributed by atoms with Crippen molar-refractivity contribution in [2.24, 2.45) is 4.99 Å². The summed E-state index contributed by atoms with van der Waals surface area (Å²) in [4.78, 5) is 16.6. The van der Waals surface area contributed by atoms with Crippen LogP contribution in [0.5, 0.6) is 0 Å². The number of carbonyl (C=O) groups is 1. The van der Waals surface area contributed by atoms with Crippen molar-refractivity contribution in [1.82, 2.24) is 16.0 Å². The minimum atomic E-state index is -0.318. The Balaban J connectivity index is 1.46. The number of nitrogens with one attached hydrogen (secondary N) is 3. The Labute approximate surface area is 176 Å². The van der Waals surface area contributed by atoms with Gasteiger partial charge in [0.2, 0.25) is 5.91 Å². The molecule has 2 aromatic rings. The normalized spacial score (nSPS) is 14.8. The summed E-state index contributed by atoms with van der Waals surface area (Å²) in [5.41, 5.74) is 1.29. The van der Waals surface area contributed by atoms with E-state index in [0.29, 0.717) is 32.1 Å². The van der Waals surface area contributed by atoms with E-state index in [0.717, 1.165) is 24.0 Å². The van der Waals surface area contributed by atoms with Crippen LogP contribution in [-0.4, -0.2) is 38.0 Å². The molecule has 160 valence electrons. The molecule has 1 fully saturated rings. The van der Waals surface area contributed by atoms with Crippen molar-refractivity contribution in [2.75, 3.05) is 26.2 Å². The third-order valence-electron chi connectivity index (χ3n) is 5.20. The van der Waals surface area contributed by atoms with Crippen molar-refractivity contribution in [2.45, 2.75) is 31.6 Å². The first kappa shape index (κ1) is 21.7. The zero-order chi connectivity index (χ0) is 21.4. The summed E-state index contributed by atoms with van der Waals surface area (Å²) in [5.74, 6) is 0.0309. The Morgan fingerprint density at radius 3 is 2.37 bits per heavy atom. The maximum atomic E-state index is 14.2. The predicted octanol–water partition coefficient (Wildman–Crippen LogP) is 2.91. The minimum Gasteiger partial charge on any atom is -0.357 e. The maximum Gasteiger partial charge on any atom is 0.224 e. The van der Waals surface area contributed by atoms with E-state index in [1.807, 2.05) is 19.1 Å². The number of nitrogens with zero attached hydrogens (tertiary/aromatic N) is 1. The van der Waals surface area contributed by atoms with E-state index in [1.165, 1.54) is 18.2 Å². The quantitative estimate of drug-likeness (QED) is 0.336. The van der Waals surface area contributed by atoms with E-state index in [9.17, 15) is 13.6 Å². The van der Waals surface area contributed by atoms with Crippen LogP contribution in [0, 0.1) is 11.6 Å². The van der Waals surface area contributed by atoms with Crippen LogP contribution in [0.1, 0.15) is 30.9 Å². The second kappa shape index (κ2) is 10.2. The smallest absolute Gasteiger partial charge is 0.224 e. The van der Waals surface area contributed by atoms with Gasteiger partial charge < -0.3 is 16.0 Å². The molecule has 1 saturated carbocycles. The van der Waals surface area contributed by atoms with Crippen LogP contribution in [0.15, 0.2) is 53.5 Å². The standard InChI is InChI=1S/C23H28F2N4O/c1-2-26-22(29-16-23(11-12-23)19-5-3-4-6-20(19)25)28-14-13-27-21(30)15-17-7-9-18(24)10-8-17/h3-10H,2,11-16H2,1H3,(H,27,30)(H2,26,28,29). The highest BCUT2D eigenvalue weighted by Gasteiger charge is 2.45. The summed E-state index contributed by atoms with van der Waals surface area (Å²) in [7, 11) is 0. The van der Waals surface area contributed by atoms with E-state index in [2.05, 4.69) is 20.9 Å². The fourth-order valence-electron chi connectivity index (χ4n) is 3.36. The number of halogens is 2. The molecule has 7 heteroatoms. The average molecular weight is 415 g/mol. The molecule has 0 bridgehead atoms. The van der Waals surface area contributed by atoms with Crippen molar-refractivity contribution in [3.05, 3.63) is 71.3 Å². The highest BCUT2D eigenvalue weighted by molar-refractivity contribution is 5.80. The van der Waals surface area contributed by atoms with Crippen LogP contribution in [0.4, 0.5) is 8.78 Å². The van der Waals surface area contributed by atoms with Gasteiger partial charge in [-0.05, 0) is 49.1 Å². The van der Waals surface area contributed by atoms with Crippen molar-refractivity contribution in [3.8, 4) is 0 Å². The molecule has 0 saturated heterocycles. The van der Waals surface area contributed by atoms with Gasteiger partial charge in [0, 0.05) is 25.0 Å². The number of amides is 1. The van der Waals surface area contributed by atoms with Crippen LogP contribution >= 0.6 is 0 Å². The Bertz CT molecular complexity index is 879. The van der Waals surface area contributed by atoms with E-state index < -0.39 is 0 Å². The van der Waals surface area contributed by atoms with Crippen LogP contribution < -0.4 is 16.0 Å². The Morgan fingerprint density at radius 1 is 1.00 bits per heavy atom. The lowest BCUT2D eigenvalue weighted by Gasteiger charge is -2.16. The van der Waals surface area contributed by atoms with Crippen LogP contribution in [0.2, 0.25) is 0 Å². The second-order valence-corrected chi connectivity index (χ2v) is 7.54. The third kappa shape index (κ3) is 6.02. The van der Waals surface area contributed by atoms with E-state index >= 15 is 0 Å². The number of benzene rings is 2. The molecular formula is C23H28F2N4O. The SMILES string of the molecule is CCNC(=NCC1(c2ccccc2F)CC1)NCCNC(=O)Cc1ccc(F)cc1. The first-order valence-electron chi connectivity index (χ1n) is 10.3. The highest BCUT2D eigenvalue weighted by Crippen LogP contribution is 2.49. The molecule has 1 amide bonds. The second-order valence-electron chi connectivity index (χ2n) is 7.54. The first-order valence-corrected chi connectivity index (χ1v) is 10.3. The molecule has 30 heavy (non-hydrogen) atoms. The zero-order valence-corrected chi connectivity index (χ0v) is 17.2. The molecule has 0 atom stereocenters. The lowest BCUT2D eigenvalue weighted by Crippen LogP contribution is -2.42. The number of rotatable bonds is 9. The average Bonchev–Trinajstić information content (AvgIpc) is 3.52. The van der Waals surface area contributed by atoms with Gasteiger partial charge in [-0.15, -0.1) is 0 Å². The molecule has 1 aliphatic carbocycles. The molecule has 0 aromatic heterocycles. The summed E-state index contributed by atoms with van der Waals surface area (Å²) in [6, 6.07) is 12.8. The lowest BCUT2D eigenvalue weighted by atomic mass is 9.95. The number of hydrogen-bond donors (Lipinski definition) is 3. The molecule has 2 aromatic carbocycles. The monoisotopic (exact) mass is 414 g/mol. The summed E-state index contributed by atoms with van der Waals surface area (Å²) < 4.78 is 27.1. The van der Waals surface area contributed by atoms with Crippen molar-refractivity contribution in [1.29, 1.82) is 0 Å². The van der Waals surface area contributed by atoms with Crippen LogP contribution in [0.25, 0.3) is 0 Å². The summed E-state index contributed by atoms with van der Waals surface area (Å²) >= 11 is 0. The van der Waals surface area contributed by atoms with Crippen LogP contribution in [-0.2, 0) is 16.6 Å². The van der Waals surface area contributed by atoms with Gasteiger partial charge in [0.25, 0.3) is 0 Å². The fourth-order valence-corrected chi connectivity index (χ4v) is 3.36. The summed E-state index contributed by atoms with van der Waals surface area (Å²) in [6.07, 6.45) is 2.06. The first-order chi connectivity index (χ1) is 14.5. The predicted molar refractivity (Wildman–Crippen MR) is 114 cm³/mol. The minimum absolute atomic E-state index is 0.123. The number of guanidine groups is 1. The molecule has 3 rings (SSSR count). The van der Waals surface area contributed by atoms with Crippen LogP contribution in [0.3, 0.4) is 0 Å². The summed E-state index contributed by atoms with van der Waals surface area (Å²) in [5, 5.41) is 9.21. The lowest BCUT2D eigenvalue weighted by molar-refractivity contribution is -0.120. The van der Waals surface area contributed by atoms with Gasteiger partial charge in [0.1, 0.15) is 11.6 Å². The molecular weight excluding hydrogens is 386 g/mol. The van der Waals surface area contributed by atoms with E-state index in [4.69, 9.17) is 0 Å². The molecule has 1 aliphatic rings. The van der Waals surface area contributed by atoms with Gasteiger partial charge in [-0.1, -0.05) is 30.3 Å². The number of carbonyl (C=O) groups excluding carboxylic acids is 1. The topological polar surface area (TPSA) is 65.5 Å². The molecule has 3 N–H and O–H groups in total. The van der Waals surface area contributed by atoms with Gasteiger partial charge >= 0.3 is 0 Å². The number of aliphatic imine (C=N–C) groups is 1. The van der Waals surface area contributed by atoms with E-state index in [-0.39, 0.29) is 29.4 Å². The molecule has 0 spiro atoms. The molecule has 5 nitrogen and oxygen atoms in total. The Kier molecular flexibility index (Phi) is 7.38. The van der Waals surface area contributed by atoms with Gasteiger partial charge in [0.05, 0.1) is 13.0 Å². The van der Waals surface area contributed by atoms with Gasteiger partial charge in [-0.3, -0.25) is 9.79 Å². The van der Waals surface area contributed by atoms with Gasteiger partial charge in [0.15, 0.2) is 5.96 Å². The highest BCUT2D eigenvalue weighted by atomic mass is 19.1. The molecule has 0 radical (unpaired) electrons. The fraction of sp³-hybridized carbons (Fsp3) is 0.391. The van der Waals surface area contributed by atoms with Gasteiger partial charge in [-0.25, -0.2) is 8.78 Å². The van der Waals surface area contributed by atoms with E-state index in [1.54, 1.807) is 18.2 Å². The third-order valence-corrected chi connectivity index (χ3v) is 5.20. The number of hydrogen-bond acceptors (Lipinski definition) is 2. The Hall–Kier alpha value is -2.96. The maximum absolute atomic E-state index is 14.2. The molecule has 0 heterocycles. The summed E-state index contributed by atoms with van der Waals surface area (Å²) in [6.45, 7) is 4.14. The van der Waals surface area contributed by atoms with Crippen molar-refractivity contribution >= 4 is 11.9 Å². The van der Waals surface area contributed by atoms with Crippen molar-refractivity contribution < 1.29 is 13.6 Å².